The quantitative estimate of drug-likeness (QED) is 0.107. The van der Waals surface area contributed by atoms with Gasteiger partial charge in [0.1, 0.15) is 5.78 Å². The van der Waals surface area contributed by atoms with Crippen LogP contribution >= 0.6 is 0 Å². The molecule has 6 atom stereocenters. The van der Waals surface area contributed by atoms with Gasteiger partial charge in [-0.1, -0.05) is 38.3 Å². The molecular weight excluding hydrogens is 402 g/mol. The first-order valence-electron chi connectivity index (χ1n) is 11.7. The van der Waals surface area contributed by atoms with Crippen molar-refractivity contribution in [3.63, 3.8) is 0 Å². The number of nitro groups is 1. The molecule has 31 heavy (non-hydrogen) atoms. The van der Waals surface area contributed by atoms with Gasteiger partial charge < -0.3 is 18.9 Å². The van der Waals surface area contributed by atoms with Gasteiger partial charge in [-0.25, -0.2) is 0 Å². The summed E-state index contributed by atoms with van der Waals surface area (Å²) in [6.45, 7) is 10.5. The fraction of sp³-hybridized carbons (Fsp3) is 0.870. The molecule has 0 radical (unpaired) electrons. The maximum absolute atomic E-state index is 12.6. The molecule has 0 aromatic carbocycles. The molecule has 1 aliphatic carbocycles. The van der Waals surface area contributed by atoms with Crippen LogP contribution in [-0.4, -0.2) is 55.3 Å². The lowest BCUT2D eigenvalue weighted by Crippen LogP contribution is -2.28. The van der Waals surface area contributed by atoms with Crippen LogP contribution in [0, 0.1) is 22.0 Å². The number of carbonyl (C=O) groups is 1. The maximum Gasteiger partial charge on any atom is 0.204 e. The third-order valence-electron chi connectivity index (χ3n) is 5.51. The lowest BCUT2D eigenvalue weighted by molar-refractivity contribution is -0.481. The average molecular weight is 444 g/mol. The van der Waals surface area contributed by atoms with Crippen molar-refractivity contribution < 1.29 is 28.7 Å². The van der Waals surface area contributed by atoms with Gasteiger partial charge in [0.05, 0.1) is 12.2 Å². The molecule has 1 rings (SSSR count). The Kier molecular flexibility index (Phi) is 13.8. The monoisotopic (exact) mass is 443 g/mol. The van der Waals surface area contributed by atoms with E-state index >= 15 is 0 Å². The van der Waals surface area contributed by atoms with Gasteiger partial charge in [-0.15, -0.1) is 0 Å². The van der Waals surface area contributed by atoms with Gasteiger partial charge in [0, 0.05) is 42.8 Å². The largest absolute Gasteiger partial charge is 0.353 e. The van der Waals surface area contributed by atoms with Crippen molar-refractivity contribution in [3.8, 4) is 0 Å². The van der Waals surface area contributed by atoms with Crippen LogP contribution < -0.4 is 0 Å². The highest BCUT2D eigenvalue weighted by Crippen LogP contribution is 2.36. The van der Waals surface area contributed by atoms with Gasteiger partial charge in [0.15, 0.2) is 12.6 Å². The van der Waals surface area contributed by atoms with Crippen LogP contribution in [0.25, 0.3) is 0 Å². The molecule has 8 nitrogen and oxygen atoms in total. The van der Waals surface area contributed by atoms with Crippen molar-refractivity contribution in [3.05, 3.63) is 22.3 Å². The molecule has 0 saturated heterocycles. The van der Waals surface area contributed by atoms with Crippen LogP contribution in [0.4, 0.5) is 0 Å². The van der Waals surface area contributed by atoms with E-state index in [0.717, 1.165) is 25.7 Å². The first-order chi connectivity index (χ1) is 14.8. The summed E-state index contributed by atoms with van der Waals surface area (Å²) in [5, 5.41) is 10.9. The Morgan fingerprint density at radius 2 is 1.81 bits per heavy atom. The second kappa shape index (κ2) is 15.5. The van der Waals surface area contributed by atoms with E-state index in [-0.39, 0.29) is 54.5 Å². The van der Waals surface area contributed by atoms with Gasteiger partial charge in [-0.2, -0.15) is 0 Å². The first-order valence-corrected chi connectivity index (χ1v) is 11.7. The molecule has 0 spiro atoms. The summed E-state index contributed by atoms with van der Waals surface area (Å²) in [5.41, 5.74) is 0. The Bertz CT molecular complexity index is 554. The van der Waals surface area contributed by atoms with Crippen LogP contribution in [-0.2, 0) is 23.7 Å². The van der Waals surface area contributed by atoms with E-state index in [0.29, 0.717) is 13.2 Å². The molecule has 0 bridgehead atoms. The molecule has 0 aromatic heterocycles. The second-order valence-corrected chi connectivity index (χ2v) is 7.97. The fourth-order valence-corrected chi connectivity index (χ4v) is 4.05. The summed E-state index contributed by atoms with van der Waals surface area (Å²) in [6.07, 6.45) is 7.22. The van der Waals surface area contributed by atoms with Crippen LogP contribution in [0.3, 0.4) is 0 Å². The summed E-state index contributed by atoms with van der Waals surface area (Å²) in [5.74, 6) is -0.660. The molecule has 180 valence electrons. The number of hydrogen-bond acceptors (Lipinski definition) is 7. The highest BCUT2D eigenvalue weighted by atomic mass is 16.7. The van der Waals surface area contributed by atoms with E-state index in [1.54, 1.807) is 6.92 Å². The summed E-state index contributed by atoms with van der Waals surface area (Å²) in [7, 11) is 0. The number of unbranched alkanes of at least 4 members (excludes halogenated alkanes) is 2. The summed E-state index contributed by atoms with van der Waals surface area (Å²) in [6, 6.07) is 0. The number of ether oxygens (including phenoxy) is 4. The molecule has 0 aromatic rings. The molecule has 1 saturated carbocycles. The Hall–Kier alpha value is -1.35. The van der Waals surface area contributed by atoms with Crippen molar-refractivity contribution >= 4 is 5.78 Å². The van der Waals surface area contributed by atoms with E-state index in [2.05, 4.69) is 6.92 Å². The van der Waals surface area contributed by atoms with Gasteiger partial charge in [0.25, 0.3) is 0 Å². The predicted molar refractivity (Wildman–Crippen MR) is 118 cm³/mol. The molecule has 8 heteroatoms. The number of carbonyl (C=O) groups excluding carboxylic acids is 1. The molecule has 1 fully saturated rings. The van der Waals surface area contributed by atoms with Gasteiger partial charge in [-0.05, 0) is 34.1 Å². The molecule has 1 aliphatic rings. The van der Waals surface area contributed by atoms with E-state index < -0.39 is 12.2 Å². The zero-order valence-corrected chi connectivity index (χ0v) is 19.8. The number of Topliss-reactive ketones (excluding diaryl/α,β-unsaturated/α-hetero) is 1. The SMILES string of the molecule is CCCCCC(/C=C/C1C(OC(C)OCC)CC(=O)C1CC[N+](=O)[O-])OC(C)OCC. The van der Waals surface area contributed by atoms with Crippen molar-refractivity contribution in [2.45, 2.75) is 97.9 Å². The van der Waals surface area contributed by atoms with Crippen LogP contribution in [0.1, 0.15) is 73.1 Å². The third-order valence-corrected chi connectivity index (χ3v) is 5.51. The van der Waals surface area contributed by atoms with Crippen LogP contribution in [0.15, 0.2) is 12.2 Å². The smallest absolute Gasteiger partial charge is 0.204 e. The van der Waals surface area contributed by atoms with Gasteiger partial charge in [0.2, 0.25) is 6.54 Å². The number of hydrogen-bond donors (Lipinski definition) is 0. The molecule has 6 unspecified atom stereocenters. The minimum atomic E-state index is -0.442. The summed E-state index contributed by atoms with van der Waals surface area (Å²) >= 11 is 0. The summed E-state index contributed by atoms with van der Waals surface area (Å²) < 4.78 is 23.0. The van der Waals surface area contributed by atoms with Crippen LogP contribution in [0.5, 0.6) is 0 Å². The second-order valence-electron chi connectivity index (χ2n) is 7.97. The highest BCUT2D eigenvalue weighted by molar-refractivity contribution is 5.84. The average Bonchev–Trinajstić information content (AvgIpc) is 2.98. The molecular formula is C23H41NO7. The lowest BCUT2D eigenvalue weighted by Gasteiger charge is -2.25. The number of ketones is 1. The van der Waals surface area contributed by atoms with E-state index in [4.69, 9.17) is 18.9 Å². The van der Waals surface area contributed by atoms with Crippen molar-refractivity contribution in [2.24, 2.45) is 11.8 Å². The Morgan fingerprint density at radius 3 is 2.42 bits per heavy atom. The van der Waals surface area contributed by atoms with E-state index in [1.807, 2.05) is 32.9 Å². The van der Waals surface area contributed by atoms with Gasteiger partial charge in [-0.3, -0.25) is 14.9 Å². The zero-order valence-electron chi connectivity index (χ0n) is 19.8. The lowest BCUT2D eigenvalue weighted by atomic mass is 9.90. The molecule has 0 heterocycles. The van der Waals surface area contributed by atoms with E-state index in [1.165, 1.54) is 0 Å². The Labute approximate surface area is 186 Å². The maximum atomic E-state index is 12.6. The molecule has 0 amide bonds. The normalized spacial score (nSPS) is 24.5. The van der Waals surface area contributed by atoms with Gasteiger partial charge >= 0.3 is 0 Å². The predicted octanol–water partition coefficient (Wildman–Crippen LogP) is 4.53. The Morgan fingerprint density at radius 1 is 1.13 bits per heavy atom. The molecule has 0 aliphatic heterocycles. The number of rotatable bonds is 17. The standard InChI is InChI=1S/C23H41NO7/c1-6-9-10-11-19(30-17(4)28-7-2)12-13-21-20(14-15-24(26)27)22(25)16-23(21)31-18(5)29-8-3/h12-13,17-21,23H,6-11,14-16H2,1-5H3/b13-12+. The fourth-order valence-electron chi connectivity index (χ4n) is 4.05. The van der Waals surface area contributed by atoms with Crippen molar-refractivity contribution in [2.75, 3.05) is 19.8 Å². The van der Waals surface area contributed by atoms with Crippen LogP contribution in [0.2, 0.25) is 0 Å². The summed E-state index contributed by atoms with van der Waals surface area (Å²) in [4.78, 5) is 23.2. The minimum absolute atomic E-state index is 0.0105. The number of nitrogens with zero attached hydrogens (tertiary/aromatic N) is 1. The Balaban J connectivity index is 2.97. The third kappa shape index (κ3) is 10.7. The highest BCUT2D eigenvalue weighted by Gasteiger charge is 2.43. The molecule has 0 N–H and O–H groups in total. The topological polar surface area (TPSA) is 97.1 Å². The van der Waals surface area contributed by atoms with E-state index in [9.17, 15) is 14.9 Å². The van der Waals surface area contributed by atoms with Crippen molar-refractivity contribution in [1.29, 1.82) is 0 Å². The zero-order chi connectivity index (χ0) is 23.2. The van der Waals surface area contributed by atoms with Crippen molar-refractivity contribution in [1.82, 2.24) is 0 Å². The first kappa shape index (κ1) is 27.7. The minimum Gasteiger partial charge on any atom is -0.353 e.